The lowest BCUT2D eigenvalue weighted by atomic mass is 10.0. The highest BCUT2D eigenvalue weighted by atomic mass is 19.2. The van der Waals surface area contributed by atoms with Crippen LogP contribution in [-0.2, 0) is 16.1 Å². The molecule has 1 aliphatic rings. The van der Waals surface area contributed by atoms with Gasteiger partial charge in [0.05, 0.1) is 17.8 Å². The van der Waals surface area contributed by atoms with E-state index in [1.165, 1.54) is 4.90 Å². The second kappa shape index (κ2) is 12.4. The van der Waals surface area contributed by atoms with E-state index in [4.69, 9.17) is 9.47 Å². The van der Waals surface area contributed by atoms with Gasteiger partial charge in [0, 0.05) is 18.7 Å². The zero-order valence-electron chi connectivity index (χ0n) is 24.6. The molecule has 15 heteroatoms. The number of ether oxygens (including phenoxy) is 2. The van der Waals surface area contributed by atoms with Crippen LogP contribution in [-0.4, -0.2) is 46.2 Å². The fourth-order valence-corrected chi connectivity index (χ4v) is 4.92. The fourth-order valence-electron chi connectivity index (χ4n) is 4.92. The van der Waals surface area contributed by atoms with Crippen LogP contribution in [0, 0.1) is 34.9 Å². The Morgan fingerprint density at radius 2 is 1.61 bits per heavy atom. The number of halogens is 6. The first-order valence-electron chi connectivity index (χ1n) is 13.9. The van der Waals surface area contributed by atoms with Crippen LogP contribution >= 0.6 is 0 Å². The van der Waals surface area contributed by atoms with Crippen molar-refractivity contribution in [3.8, 4) is 11.1 Å². The van der Waals surface area contributed by atoms with Crippen molar-refractivity contribution >= 4 is 23.5 Å². The van der Waals surface area contributed by atoms with Crippen LogP contribution < -0.4 is 15.8 Å². The Hall–Kier alpha value is -5.08. The van der Waals surface area contributed by atoms with E-state index in [-0.39, 0.29) is 19.7 Å². The monoisotopic (exact) mass is 648 g/mol. The van der Waals surface area contributed by atoms with Crippen molar-refractivity contribution in [2.75, 3.05) is 18.0 Å². The number of anilines is 1. The molecular weight excluding hydrogens is 622 g/mol. The van der Waals surface area contributed by atoms with Gasteiger partial charge in [0.1, 0.15) is 23.4 Å². The van der Waals surface area contributed by atoms with E-state index in [0.717, 1.165) is 0 Å². The van der Waals surface area contributed by atoms with Crippen LogP contribution in [0.4, 0.5) is 37.0 Å². The molecule has 1 amide bonds. The first kappa shape index (κ1) is 32.3. The van der Waals surface area contributed by atoms with Gasteiger partial charge in [-0.3, -0.25) is 9.20 Å². The number of pyridine rings is 1. The summed E-state index contributed by atoms with van der Waals surface area (Å²) in [6.07, 6.45) is 0.158. The van der Waals surface area contributed by atoms with Crippen LogP contribution in [0.1, 0.15) is 43.1 Å². The molecule has 1 saturated heterocycles. The molecule has 5 rings (SSSR count). The van der Waals surface area contributed by atoms with Crippen LogP contribution in [0.2, 0.25) is 0 Å². The number of rotatable bonds is 6. The maximum Gasteiger partial charge on any atom is 0.407 e. The summed E-state index contributed by atoms with van der Waals surface area (Å²) in [4.78, 5) is 44.0. The second-order valence-electron chi connectivity index (χ2n) is 11.5. The SMILES string of the molecule is CC(C)(C)OC(=O)NC1CCN(c2nc3c(-c4c(F)c(F)c(F)c(F)c4F)cc(C(=O)OCc4ccccc4)c(=O)n3cc2F)C1. The van der Waals surface area contributed by atoms with E-state index in [2.05, 4.69) is 10.3 Å². The van der Waals surface area contributed by atoms with Crippen LogP contribution in [0.3, 0.4) is 0 Å². The average molecular weight is 649 g/mol. The number of nitrogens with one attached hydrogen (secondary N) is 1. The topological polar surface area (TPSA) is 102 Å². The number of carbonyl (C=O) groups is 2. The van der Waals surface area contributed by atoms with E-state index in [1.807, 2.05) is 0 Å². The summed E-state index contributed by atoms with van der Waals surface area (Å²) in [6.45, 7) is 4.78. The third-order valence-corrected chi connectivity index (χ3v) is 7.00. The number of hydrogen-bond acceptors (Lipinski definition) is 7. The molecule has 0 radical (unpaired) electrons. The van der Waals surface area contributed by atoms with Crippen molar-refractivity contribution in [1.82, 2.24) is 14.7 Å². The van der Waals surface area contributed by atoms with Gasteiger partial charge in [-0.25, -0.2) is 40.9 Å². The maximum absolute atomic E-state index is 15.5. The molecule has 9 nitrogen and oxygen atoms in total. The maximum atomic E-state index is 15.5. The lowest BCUT2D eigenvalue weighted by Gasteiger charge is -2.22. The number of amides is 1. The molecule has 1 aliphatic heterocycles. The Morgan fingerprint density at radius 1 is 0.978 bits per heavy atom. The molecule has 4 aromatic rings. The first-order chi connectivity index (χ1) is 21.7. The second-order valence-corrected chi connectivity index (χ2v) is 11.5. The Labute approximate surface area is 257 Å². The van der Waals surface area contributed by atoms with E-state index < -0.39 is 92.3 Å². The van der Waals surface area contributed by atoms with Crippen LogP contribution in [0.5, 0.6) is 0 Å². The zero-order valence-corrected chi connectivity index (χ0v) is 24.6. The van der Waals surface area contributed by atoms with Crippen molar-refractivity contribution in [1.29, 1.82) is 0 Å². The lowest BCUT2D eigenvalue weighted by Crippen LogP contribution is -2.40. The highest BCUT2D eigenvalue weighted by molar-refractivity contribution is 5.93. The van der Waals surface area contributed by atoms with Crippen LogP contribution in [0.15, 0.2) is 47.4 Å². The van der Waals surface area contributed by atoms with Gasteiger partial charge in [-0.2, -0.15) is 0 Å². The van der Waals surface area contributed by atoms with E-state index in [1.54, 1.807) is 51.1 Å². The highest BCUT2D eigenvalue weighted by Gasteiger charge is 2.32. The van der Waals surface area contributed by atoms with Crippen molar-refractivity contribution < 1.29 is 45.4 Å². The van der Waals surface area contributed by atoms with Crippen molar-refractivity contribution in [3.05, 3.63) is 99.0 Å². The Morgan fingerprint density at radius 3 is 2.24 bits per heavy atom. The molecule has 46 heavy (non-hydrogen) atoms. The molecule has 1 atom stereocenters. The average Bonchev–Trinajstić information content (AvgIpc) is 3.46. The number of esters is 1. The summed E-state index contributed by atoms with van der Waals surface area (Å²) in [6, 6.07) is 8.27. The fraction of sp³-hybridized carbons (Fsp3) is 0.290. The summed E-state index contributed by atoms with van der Waals surface area (Å²) in [5.74, 6) is -14.4. The molecule has 0 spiro atoms. The van der Waals surface area contributed by atoms with Gasteiger partial charge in [0.2, 0.25) is 5.82 Å². The van der Waals surface area contributed by atoms with Crippen LogP contribution in [0.25, 0.3) is 16.8 Å². The smallest absolute Gasteiger partial charge is 0.407 e. The summed E-state index contributed by atoms with van der Waals surface area (Å²) < 4.78 is 99.1. The molecule has 2 aromatic carbocycles. The molecule has 0 aliphatic carbocycles. The molecule has 242 valence electrons. The highest BCUT2D eigenvalue weighted by Crippen LogP contribution is 2.35. The number of hydrogen-bond donors (Lipinski definition) is 1. The van der Waals surface area contributed by atoms with Crippen molar-refractivity contribution in [3.63, 3.8) is 0 Å². The number of benzene rings is 2. The lowest BCUT2D eigenvalue weighted by molar-refractivity contribution is 0.0468. The Bertz CT molecular complexity index is 1880. The summed E-state index contributed by atoms with van der Waals surface area (Å²) in [5.41, 5.74) is -5.47. The van der Waals surface area contributed by atoms with Gasteiger partial charge in [0.15, 0.2) is 34.9 Å². The van der Waals surface area contributed by atoms with Gasteiger partial charge >= 0.3 is 12.1 Å². The molecule has 2 aromatic heterocycles. The largest absolute Gasteiger partial charge is 0.457 e. The van der Waals surface area contributed by atoms with Gasteiger partial charge in [-0.1, -0.05) is 30.3 Å². The van der Waals surface area contributed by atoms with Gasteiger partial charge in [0.25, 0.3) is 5.56 Å². The van der Waals surface area contributed by atoms with Crippen molar-refractivity contribution in [2.24, 2.45) is 0 Å². The Kier molecular flexibility index (Phi) is 8.69. The minimum absolute atomic E-state index is 0.00861. The standard InChI is InChI=1S/C31H26F6N4O5/c1-31(2,3)46-30(44)38-16-9-10-40(12-16)27-19(32)13-41-26(39-27)17(20-21(33)23(35)25(37)24(36)22(20)34)11-18(28(41)42)29(43)45-14-15-7-5-4-6-8-15/h4-8,11,13,16H,9-10,12,14H2,1-3H3,(H,38,44). The van der Waals surface area contributed by atoms with E-state index in [9.17, 15) is 27.6 Å². The minimum atomic E-state index is -2.43. The number of fused-ring (bicyclic) bond motifs is 1. The van der Waals surface area contributed by atoms with E-state index >= 15 is 13.2 Å². The predicted molar refractivity (Wildman–Crippen MR) is 152 cm³/mol. The summed E-state index contributed by atoms with van der Waals surface area (Å²) in [5, 5.41) is 2.64. The quantitative estimate of drug-likeness (QED) is 0.125. The summed E-state index contributed by atoms with van der Waals surface area (Å²) in [7, 11) is 0. The molecule has 0 bridgehead atoms. The first-order valence-corrected chi connectivity index (χ1v) is 13.9. The minimum Gasteiger partial charge on any atom is -0.457 e. The number of carbonyl (C=O) groups excluding carboxylic acids is 2. The Balaban J connectivity index is 1.61. The van der Waals surface area contributed by atoms with Gasteiger partial charge in [-0.05, 0) is 38.8 Å². The van der Waals surface area contributed by atoms with Gasteiger partial charge < -0.3 is 19.7 Å². The number of alkyl carbamates (subject to hydrolysis) is 1. The number of aromatic nitrogens is 2. The summed E-state index contributed by atoms with van der Waals surface area (Å²) >= 11 is 0. The normalized spacial score (nSPS) is 14.9. The molecular formula is C31H26F6N4O5. The molecule has 1 N–H and O–H groups in total. The molecule has 1 unspecified atom stereocenters. The molecule has 1 fully saturated rings. The molecule has 0 saturated carbocycles. The zero-order chi connectivity index (χ0) is 33.5. The van der Waals surface area contributed by atoms with E-state index in [0.29, 0.717) is 28.6 Å². The third-order valence-electron chi connectivity index (χ3n) is 7.00. The third kappa shape index (κ3) is 6.34. The van der Waals surface area contributed by atoms with Gasteiger partial charge in [-0.15, -0.1) is 0 Å². The molecule has 3 heterocycles. The predicted octanol–water partition coefficient (Wildman–Crippen LogP) is 5.66. The number of nitrogens with zero attached hydrogens (tertiary/aromatic N) is 3. The van der Waals surface area contributed by atoms with Crippen molar-refractivity contribution in [2.45, 2.75) is 45.4 Å².